The van der Waals surface area contributed by atoms with E-state index in [1.807, 2.05) is 6.92 Å². The van der Waals surface area contributed by atoms with Gasteiger partial charge in [0.2, 0.25) is 0 Å². The molecule has 0 amide bonds. The largest absolute Gasteiger partial charge is 0.399 e. The number of hydrogen-bond donors (Lipinski definition) is 2. The highest BCUT2D eigenvalue weighted by Crippen LogP contribution is 2.18. The standard InChI is InChI=1S/C17H22N2/c1-3-15-9-8-14(11-17(15)19)7-6-13-5-4-12(2)16(18)10-13/h4-5,8-11H,3,6-7,18-19H2,1-2H3. The molecule has 0 aliphatic heterocycles. The lowest BCUT2D eigenvalue weighted by atomic mass is 10.00. The molecule has 19 heavy (non-hydrogen) atoms. The molecule has 0 aliphatic carbocycles. The summed E-state index contributed by atoms with van der Waals surface area (Å²) < 4.78 is 0. The first-order chi connectivity index (χ1) is 9.10. The fourth-order valence-electron chi connectivity index (χ4n) is 2.26. The Morgan fingerprint density at radius 1 is 0.842 bits per heavy atom. The van der Waals surface area contributed by atoms with Crippen LogP contribution in [0.1, 0.15) is 29.2 Å². The van der Waals surface area contributed by atoms with Crippen molar-refractivity contribution in [2.24, 2.45) is 0 Å². The third kappa shape index (κ3) is 3.28. The van der Waals surface area contributed by atoms with Crippen LogP contribution < -0.4 is 11.5 Å². The summed E-state index contributed by atoms with van der Waals surface area (Å²) in [5, 5.41) is 0. The highest BCUT2D eigenvalue weighted by atomic mass is 14.6. The molecule has 2 heteroatoms. The van der Waals surface area contributed by atoms with Gasteiger partial charge in [-0.25, -0.2) is 0 Å². The number of nitrogen functional groups attached to an aromatic ring is 2. The van der Waals surface area contributed by atoms with Crippen molar-refractivity contribution in [3.05, 3.63) is 58.7 Å². The van der Waals surface area contributed by atoms with Crippen LogP contribution in [-0.4, -0.2) is 0 Å². The lowest BCUT2D eigenvalue weighted by Crippen LogP contribution is -1.98. The number of rotatable bonds is 4. The van der Waals surface area contributed by atoms with Crippen molar-refractivity contribution in [2.75, 3.05) is 11.5 Å². The molecule has 0 saturated heterocycles. The van der Waals surface area contributed by atoms with Crippen LogP contribution in [0.15, 0.2) is 36.4 Å². The minimum absolute atomic E-state index is 0.873. The first kappa shape index (κ1) is 13.5. The molecular weight excluding hydrogens is 232 g/mol. The number of anilines is 2. The first-order valence-electron chi connectivity index (χ1n) is 6.82. The Morgan fingerprint density at radius 3 is 1.95 bits per heavy atom. The van der Waals surface area contributed by atoms with Crippen LogP contribution in [-0.2, 0) is 19.3 Å². The van der Waals surface area contributed by atoms with Crippen molar-refractivity contribution >= 4 is 11.4 Å². The van der Waals surface area contributed by atoms with Gasteiger partial charge < -0.3 is 11.5 Å². The third-order valence-electron chi connectivity index (χ3n) is 3.64. The molecule has 0 aromatic heterocycles. The lowest BCUT2D eigenvalue weighted by molar-refractivity contribution is 0.958. The second-order valence-corrected chi connectivity index (χ2v) is 5.08. The molecule has 0 spiro atoms. The van der Waals surface area contributed by atoms with Crippen molar-refractivity contribution in [1.29, 1.82) is 0 Å². The average molecular weight is 254 g/mol. The van der Waals surface area contributed by atoms with E-state index in [9.17, 15) is 0 Å². The van der Waals surface area contributed by atoms with Crippen LogP contribution >= 0.6 is 0 Å². The summed E-state index contributed by atoms with van der Waals surface area (Å²) in [5.41, 5.74) is 18.7. The summed E-state index contributed by atoms with van der Waals surface area (Å²) in [7, 11) is 0. The second-order valence-electron chi connectivity index (χ2n) is 5.08. The van der Waals surface area contributed by atoms with Crippen molar-refractivity contribution in [1.82, 2.24) is 0 Å². The molecule has 0 aliphatic rings. The van der Waals surface area contributed by atoms with E-state index in [1.165, 1.54) is 16.7 Å². The summed E-state index contributed by atoms with van der Waals surface area (Å²) in [6.45, 7) is 4.16. The summed E-state index contributed by atoms with van der Waals surface area (Å²) in [6.07, 6.45) is 2.98. The van der Waals surface area contributed by atoms with Crippen LogP contribution in [0.3, 0.4) is 0 Å². The Morgan fingerprint density at radius 2 is 1.42 bits per heavy atom. The predicted molar refractivity (Wildman–Crippen MR) is 83.2 cm³/mol. The summed E-state index contributed by atoms with van der Waals surface area (Å²) in [5.74, 6) is 0. The molecule has 2 aromatic rings. The SMILES string of the molecule is CCc1ccc(CCc2ccc(C)c(N)c2)cc1N. The fourth-order valence-corrected chi connectivity index (χ4v) is 2.26. The Balaban J connectivity index is 2.05. The van der Waals surface area contributed by atoms with Gasteiger partial charge in [0.1, 0.15) is 0 Å². The van der Waals surface area contributed by atoms with Crippen LogP contribution in [0.5, 0.6) is 0 Å². The summed E-state index contributed by atoms with van der Waals surface area (Å²) in [6, 6.07) is 12.7. The maximum Gasteiger partial charge on any atom is 0.0349 e. The van der Waals surface area contributed by atoms with Gasteiger partial charge in [0.25, 0.3) is 0 Å². The van der Waals surface area contributed by atoms with E-state index in [0.717, 1.165) is 36.2 Å². The predicted octanol–water partition coefficient (Wildman–Crippen LogP) is 3.51. The van der Waals surface area contributed by atoms with Crippen LogP contribution in [0.25, 0.3) is 0 Å². The number of nitrogens with two attached hydrogens (primary N) is 2. The van der Waals surface area contributed by atoms with Gasteiger partial charge >= 0.3 is 0 Å². The van der Waals surface area contributed by atoms with Crippen LogP contribution in [0, 0.1) is 6.92 Å². The summed E-state index contributed by atoms with van der Waals surface area (Å²) in [4.78, 5) is 0. The van der Waals surface area contributed by atoms with Gasteiger partial charge in [0.15, 0.2) is 0 Å². The Bertz CT molecular complexity index is 573. The normalized spacial score (nSPS) is 10.6. The molecule has 4 N–H and O–H groups in total. The lowest BCUT2D eigenvalue weighted by Gasteiger charge is -2.08. The van der Waals surface area contributed by atoms with Gasteiger partial charge in [0, 0.05) is 11.4 Å². The van der Waals surface area contributed by atoms with E-state index in [-0.39, 0.29) is 0 Å². The topological polar surface area (TPSA) is 52.0 Å². The minimum atomic E-state index is 0.873. The monoisotopic (exact) mass is 254 g/mol. The smallest absolute Gasteiger partial charge is 0.0349 e. The van der Waals surface area contributed by atoms with Gasteiger partial charge in [-0.2, -0.15) is 0 Å². The fraction of sp³-hybridized carbons (Fsp3) is 0.294. The van der Waals surface area contributed by atoms with Crippen molar-refractivity contribution < 1.29 is 0 Å². The minimum Gasteiger partial charge on any atom is -0.399 e. The van der Waals surface area contributed by atoms with Gasteiger partial charge in [0.05, 0.1) is 0 Å². The molecule has 100 valence electrons. The highest BCUT2D eigenvalue weighted by molar-refractivity contribution is 5.50. The molecule has 2 nitrogen and oxygen atoms in total. The Kier molecular flexibility index (Phi) is 4.10. The van der Waals surface area contributed by atoms with Crippen molar-refractivity contribution in [3.63, 3.8) is 0 Å². The van der Waals surface area contributed by atoms with Crippen molar-refractivity contribution in [2.45, 2.75) is 33.1 Å². The van der Waals surface area contributed by atoms with Crippen LogP contribution in [0.4, 0.5) is 11.4 Å². The van der Waals surface area contributed by atoms with E-state index in [2.05, 4.69) is 43.3 Å². The molecule has 0 unspecified atom stereocenters. The maximum atomic E-state index is 6.02. The second kappa shape index (κ2) is 5.79. The molecule has 2 rings (SSSR count). The molecular formula is C17H22N2. The van der Waals surface area contributed by atoms with Gasteiger partial charge in [-0.3, -0.25) is 0 Å². The molecule has 0 heterocycles. The van der Waals surface area contributed by atoms with Gasteiger partial charge in [-0.1, -0.05) is 31.2 Å². The number of hydrogen-bond acceptors (Lipinski definition) is 2. The highest BCUT2D eigenvalue weighted by Gasteiger charge is 2.01. The maximum absolute atomic E-state index is 6.02. The Labute approximate surface area is 115 Å². The zero-order valence-corrected chi connectivity index (χ0v) is 11.7. The zero-order valence-electron chi connectivity index (χ0n) is 11.7. The molecule has 2 aromatic carbocycles. The number of aryl methyl sites for hydroxylation is 4. The molecule has 0 saturated carbocycles. The van der Waals surface area contributed by atoms with Gasteiger partial charge in [-0.15, -0.1) is 0 Å². The zero-order chi connectivity index (χ0) is 13.8. The summed E-state index contributed by atoms with van der Waals surface area (Å²) >= 11 is 0. The molecule has 0 atom stereocenters. The van der Waals surface area contributed by atoms with Crippen LogP contribution in [0.2, 0.25) is 0 Å². The first-order valence-corrected chi connectivity index (χ1v) is 6.82. The van der Waals surface area contributed by atoms with E-state index < -0.39 is 0 Å². The molecule has 0 radical (unpaired) electrons. The Hall–Kier alpha value is -1.96. The van der Waals surface area contributed by atoms with Crippen molar-refractivity contribution in [3.8, 4) is 0 Å². The quantitative estimate of drug-likeness (QED) is 0.820. The third-order valence-corrected chi connectivity index (χ3v) is 3.64. The molecule has 0 bridgehead atoms. The van der Waals surface area contributed by atoms with E-state index in [0.29, 0.717) is 0 Å². The average Bonchev–Trinajstić information content (AvgIpc) is 2.40. The molecule has 0 fully saturated rings. The van der Waals surface area contributed by atoms with E-state index in [4.69, 9.17) is 11.5 Å². The van der Waals surface area contributed by atoms with Gasteiger partial charge in [-0.05, 0) is 60.6 Å². The van der Waals surface area contributed by atoms with E-state index in [1.54, 1.807) is 0 Å². The number of benzene rings is 2. The van der Waals surface area contributed by atoms with E-state index >= 15 is 0 Å².